The molecule has 2 heterocycles. The monoisotopic (exact) mass is 453 g/mol. The molecular weight excluding hydrogens is 418 g/mol. The van der Waals surface area contributed by atoms with Gasteiger partial charge in [0, 0.05) is 35.8 Å². The van der Waals surface area contributed by atoms with Crippen LogP contribution in [0.1, 0.15) is 74.0 Å². The van der Waals surface area contributed by atoms with Crippen molar-refractivity contribution in [3.8, 4) is 17.0 Å². The number of benzene rings is 1. The Morgan fingerprint density at radius 1 is 1.09 bits per heavy atom. The van der Waals surface area contributed by atoms with Crippen LogP contribution in [0.25, 0.3) is 22.2 Å². The van der Waals surface area contributed by atoms with Crippen molar-refractivity contribution in [1.29, 1.82) is 0 Å². The summed E-state index contributed by atoms with van der Waals surface area (Å²) in [5.74, 6) is -1.90. The van der Waals surface area contributed by atoms with Crippen molar-refractivity contribution < 1.29 is 15.0 Å². The smallest absolute Gasteiger partial charge is 0.345 e. The lowest BCUT2D eigenvalue weighted by Crippen LogP contribution is -2.20. The standard InChI is InChI=1S/C26H35N3O4/c1-4-6-7-8-9-10-13-27-16-19-15-18-14-17(11-12-21(18)29(19)3)23-20(5-2)24(30)22(26(32)33)25(31)28-23/h11-12,14-15,27H,4-10,13,16H2,1-3H3,(H,32,33)(H2,28,30,31). The van der Waals surface area contributed by atoms with Crippen LogP contribution in [0.2, 0.25) is 0 Å². The highest BCUT2D eigenvalue weighted by atomic mass is 16.4. The summed E-state index contributed by atoms with van der Waals surface area (Å²) in [6.45, 7) is 5.82. The van der Waals surface area contributed by atoms with E-state index in [2.05, 4.69) is 27.9 Å². The molecule has 4 N–H and O–H groups in total. The van der Waals surface area contributed by atoms with Crippen molar-refractivity contribution in [1.82, 2.24) is 14.9 Å². The molecule has 0 fully saturated rings. The van der Waals surface area contributed by atoms with Gasteiger partial charge in [-0.1, -0.05) is 52.0 Å². The molecule has 1 aromatic carbocycles. The van der Waals surface area contributed by atoms with Crippen LogP contribution in [0.15, 0.2) is 29.1 Å². The van der Waals surface area contributed by atoms with Gasteiger partial charge in [0.25, 0.3) is 5.56 Å². The average Bonchev–Trinajstić information content (AvgIpc) is 3.09. The molecule has 0 aliphatic heterocycles. The minimum absolute atomic E-state index is 0.388. The number of pyridine rings is 1. The predicted molar refractivity (Wildman–Crippen MR) is 132 cm³/mol. The zero-order valence-corrected chi connectivity index (χ0v) is 19.8. The molecule has 0 aliphatic rings. The summed E-state index contributed by atoms with van der Waals surface area (Å²) in [5.41, 5.74) is 2.43. The molecule has 0 unspecified atom stereocenters. The number of rotatable bonds is 12. The van der Waals surface area contributed by atoms with E-state index in [1.54, 1.807) is 0 Å². The zero-order valence-electron chi connectivity index (χ0n) is 19.8. The maximum atomic E-state index is 12.3. The summed E-state index contributed by atoms with van der Waals surface area (Å²) >= 11 is 0. The number of hydrogen-bond donors (Lipinski definition) is 4. The maximum Gasteiger partial charge on any atom is 0.345 e. The Bertz CT molecular complexity index is 1180. The third-order valence-electron chi connectivity index (χ3n) is 6.30. The van der Waals surface area contributed by atoms with Gasteiger partial charge in [-0.25, -0.2) is 4.79 Å². The van der Waals surface area contributed by atoms with Crippen LogP contribution in [0.5, 0.6) is 5.75 Å². The second-order valence-corrected chi connectivity index (χ2v) is 8.60. The van der Waals surface area contributed by atoms with E-state index in [9.17, 15) is 19.8 Å². The number of carboxylic acid groups (broad SMARTS) is 1. The van der Waals surface area contributed by atoms with E-state index in [4.69, 9.17) is 0 Å². The Hall–Kier alpha value is -3.06. The second kappa shape index (κ2) is 11.2. The Kier molecular flexibility index (Phi) is 8.33. The molecule has 3 aromatic rings. The Balaban J connectivity index is 1.79. The fraction of sp³-hybridized carbons (Fsp3) is 0.462. The fourth-order valence-corrected chi connectivity index (χ4v) is 4.40. The van der Waals surface area contributed by atoms with Crippen LogP contribution in [-0.2, 0) is 20.0 Å². The second-order valence-electron chi connectivity index (χ2n) is 8.60. The van der Waals surface area contributed by atoms with Crippen molar-refractivity contribution >= 4 is 16.9 Å². The quantitative estimate of drug-likeness (QED) is 0.290. The molecule has 0 spiro atoms. The van der Waals surface area contributed by atoms with Gasteiger partial charge < -0.3 is 25.1 Å². The van der Waals surface area contributed by atoms with Crippen LogP contribution in [0, 0.1) is 0 Å². The number of aromatic carboxylic acids is 1. The largest absolute Gasteiger partial charge is 0.506 e. The molecule has 0 aliphatic carbocycles. The number of hydrogen-bond acceptors (Lipinski definition) is 4. The molecule has 7 heteroatoms. The highest BCUT2D eigenvalue weighted by Gasteiger charge is 2.22. The molecule has 3 rings (SSSR count). The number of unbranched alkanes of at least 4 members (excludes halogenated alkanes) is 5. The lowest BCUT2D eigenvalue weighted by atomic mass is 9.99. The van der Waals surface area contributed by atoms with Crippen molar-refractivity contribution in [2.24, 2.45) is 7.05 Å². The topological polar surface area (TPSA) is 107 Å². The highest BCUT2D eigenvalue weighted by Crippen LogP contribution is 2.32. The molecule has 0 saturated carbocycles. The summed E-state index contributed by atoms with van der Waals surface area (Å²) in [5, 5.41) is 24.3. The number of aryl methyl sites for hydroxylation is 1. The summed E-state index contributed by atoms with van der Waals surface area (Å²) in [6.07, 6.45) is 8.05. The van der Waals surface area contributed by atoms with Gasteiger partial charge in [0.05, 0.1) is 5.69 Å². The first kappa shape index (κ1) is 24.6. The van der Waals surface area contributed by atoms with E-state index < -0.39 is 22.8 Å². The number of aromatic nitrogens is 2. The Morgan fingerprint density at radius 3 is 2.52 bits per heavy atom. The van der Waals surface area contributed by atoms with E-state index in [1.165, 1.54) is 44.2 Å². The van der Waals surface area contributed by atoms with Gasteiger partial charge in [0.2, 0.25) is 0 Å². The van der Waals surface area contributed by atoms with Crippen LogP contribution in [-0.4, -0.2) is 32.3 Å². The van der Waals surface area contributed by atoms with E-state index >= 15 is 0 Å². The molecule has 33 heavy (non-hydrogen) atoms. The lowest BCUT2D eigenvalue weighted by molar-refractivity contribution is 0.0691. The van der Waals surface area contributed by atoms with Crippen molar-refractivity contribution in [2.45, 2.75) is 65.3 Å². The van der Waals surface area contributed by atoms with Gasteiger partial charge in [-0.05, 0) is 43.1 Å². The molecule has 0 atom stereocenters. The molecule has 0 saturated heterocycles. The number of H-pyrrole nitrogens is 1. The van der Waals surface area contributed by atoms with E-state index in [0.717, 1.165) is 29.6 Å². The van der Waals surface area contributed by atoms with Gasteiger partial charge in [0.15, 0.2) is 5.56 Å². The summed E-state index contributed by atoms with van der Waals surface area (Å²) < 4.78 is 2.15. The lowest BCUT2D eigenvalue weighted by Gasteiger charge is -2.12. The maximum absolute atomic E-state index is 12.3. The van der Waals surface area contributed by atoms with Crippen LogP contribution < -0.4 is 10.9 Å². The van der Waals surface area contributed by atoms with E-state index in [-0.39, 0.29) is 0 Å². The normalized spacial score (nSPS) is 11.4. The van der Waals surface area contributed by atoms with Gasteiger partial charge >= 0.3 is 5.97 Å². The Labute approximate surface area is 194 Å². The number of aromatic hydroxyl groups is 1. The molecule has 0 radical (unpaired) electrons. The number of carbonyl (C=O) groups is 1. The third-order valence-corrected chi connectivity index (χ3v) is 6.30. The molecule has 7 nitrogen and oxygen atoms in total. The molecule has 178 valence electrons. The van der Waals surface area contributed by atoms with E-state index in [1.807, 2.05) is 32.2 Å². The number of nitrogens with zero attached hydrogens (tertiary/aromatic N) is 1. The first-order valence-corrected chi connectivity index (χ1v) is 11.9. The predicted octanol–water partition coefficient (Wildman–Crippen LogP) is 4.95. The van der Waals surface area contributed by atoms with Gasteiger partial charge in [-0.3, -0.25) is 4.79 Å². The number of aromatic amines is 1. The van der Waals surface area contributed by atoms with Gasteiger partial charge in [0.1, 0.15) is 5.75 Å². The highest BCUT2D eigenvalue weighted by molar-refractivity contribution is 5.92. The van der Waals surface area contributed by atoms with Gasteiger partial charge in [-0.15, -0.1) is 0 Å². The summed E-state index contributed by atoms with van der Waals surface area (Å²) in [6, 6.07) is 7.97. The molecule has 0 amide bonds. The van der Waals surface area contributed by atoms with E-state index in [0.29, 0.717) is 17.7 Å². The minimum Gasteiger partial charge on any atom is -0.506 e. The van der Waals surface area contributed by atoms with Crippen molar-refractivity contribution in [2.75, 3.05) is 6.54 Å². The van der Waals surface area contributed by atoms with Crippen molar-refractivity contribution in [3.63, 3.8) is 0 Å². The minimum atomic E-state index is -1.44. The number of carboxylic acids is 1. The summed E-state index contributed by atoms with van der Waals surface area (Å²) in [4.78, 5) is 26.3. The Morgan fingerprint density at radius 2 is 1.82 bits per heavy atom. The van der Waals surface area contributed by atoms with Crippen LogP contribution in [0.3, 0.4) is 0 Å². The molecule has 2 aromatic heterocycles. The molecular formula is C26H35N3O4. The van der Waals surface area contributed by atoms with Gasteiger partial charge in [-0.2, -0.15) is 0 Å². The third kappa shape index (κ3) is 5.47. The molecule has 0 bridgehead atoms. The fourth-order valence-electron chi connectivity index (χ4n) is 4.40. The zero-order chi connectivity index (χ0) is 24.0. The summed E-state index contributed by atoms with van der Waals surface area (Å²) in [7, 11) is 2.04. The number of nitrogens with one attached hydrogen (secondary N) is 2. The number of fused-ring (bicyclic) bond motifs is 1. The van der Waals surface area contributed by atoms with Crippen molar-refractivity contribution in [3.05, 3.63) is 51.4 Å². The SMILES string of the molecule is CCCCCCCCNCc1cc2cc(-c3[nH]c(=O)c(C(=O)O)c(O)c3CC)ccc2n1C. The average molecular weight is 454 g/mol. The first-order valence-electron chi connectivity index (χ1n) is 11.9. The van der Waals surface area contributed by atoms with Crippen LogP contribution in [0.4, 0.5) is 0 Å². The van der Waals surface area contributed by atoms with Crippen LogP contribution >= 0.6 is 0 Å². The first-order chi connectivity index (χ1) is 15.9.